The number of likely N-dealkylation sites (tertiary alicyclic amines) is 1. The number of hydrogen-bond acceptors (Lipinski definition) is 5. The molecule has 2 amide bonds. The van der Waals surface area contributed by atoms with E-state index in [1.807, 2.05) is 6.07 Å². The first-order chi connectivity index (χ1) is 11.5. The Hall–Kier alpha value is -2.35. The predicted molar refractivity (Wildman–Crippen MR) is 88.2 cm³/mol. The third kappa shape index (κ3) is 3.76. The van der Waals surface area contributed by atoms with E-state index < -0.39 is 6.04 Å². The normalized spacial score (nSPS) is 17.1. The largest absolute Gasteiger partial charge is 0.331 e. The van der Waals surface area contributed by atoms with Crippen molar-refractivity contribution in [1.82, 2.24) is 15.1 Å². The van der Waals surface area contributed by atoms with Gasteiger partial charge in [0.05, 0.1) is 0 Å². The second kappa shape index (κ2) is 7.04. The molecule has 126 valence electrons. The number of anilines is 1. The summed E-state index contributed by atoms with van der Waals surface area (Å²) in [5, 5.41) is 11.8. The summed E-state index contributed by atoms with van der Waals surface area (Å²) < 4.78 is 13.2. The van der Waals surface area contributed by atoms with Crippen molar-refractivity contribution < 1.29 is 14.0 Å². The van der Waals surface area contributed by atoms with Gasteiger partial charge in [-0.05, 0) is 30.5 Å². The van der Waals surface area contributed by atoms with E-state index in [4.69, 9.17) is 0 Å². The molecule has 0 radical (unpaired) electrons. The zero-order chi connectivity index (χ0) is 17.1. The van der Waals surface area contributed by atoms with Crippen molar-refractivity contribution >= 4 is 28.3 Å². The highest BCUT2D eigenvalue weighted by Crippen LogP contribution is 2.22. The van der Waals surface area contributed by atoms with Gasteiger partial charge >= 0.3 is 0 Å². The van der Waals surface area contributed by atoms with Crippen LogP contribution in [0.5, 0.6) is 0 Å². The van der Waals surface area contributed by atoms with Crippen molar-refractivity contribution in [1.29, 1.82) is 0 Å². The zero-order valence-corrected chi connectivity index (χ0v) is 14.0. The number of benzene rings is 1. The van der Waals surface area contributed by atoms with Crippen LogP contribution in [0.1, 0.15) is 30.3 Å². The van der Waals surface area contributed by atoms with Crippen LogP contribution in [-0.4, -0.2) is 39.5 Å². The second-order valence-corrected chi connectivity index (χ2v) is 6.73. The summed E-state index contributed by atoms with van der Waals surface area (Å²) in [7, 11) is 0. The molecular weight excluding hydrogens is 331 g/mol. The van der Waals surface area contributed by atoms with Gasteiger partial charge in [-0.15, -0.1) is 10.2 Å². The molecule has 2 aromatic rings. The monoisotopic (exact) mass is 348 g/mol. The van der Waals surface area contributed by atoms with Gasteiger partial charge in [-0.25, -0.2) is 4.39 Å². The van der Waals surface area contributed by atoms with Gasteiger partial charge in [-0.2, -0.15) is 0 Å². The second-order valence-electron chi connectivity index (χ2n) is 5.67. The van der Waals surface area contributed by atoms with Crippen LogP contribution in [-0.2, 0) is 16.0 Å². The molecule has 1 aromatic carbocycles. The number of rotatable bonds is 4. The molecular formula is C16H17FN4O2S. The van der Waals surface area contributed by atoms with Crippen LogP contribution in [0.25, 0.3) is 0 Å². The third-order valence-electron chi connectivity index (χ3n) is 3.90. The van der Waals surface area contributed by atoms with Gasteiger partial charge in [0.15, 0.2) is 0 Å². The fraction of sp³-hybridized carbons (Fsp3) is 0.375. The Bertz CT molecular complexity index is 764. The molecule has 1 atom stereocenters. The lowest BCUT2D eigenvalue weighted by molar-refractivity contribution is -0.134. The maximum atomic E-state index is 13.2. The summed E-state index contributed by atoms with van der Waals surface area (Å²) in [4.78, 5) is 25.4. The minimum Gasteiger partial charge on any atom is -0.331 e. The van der Waals surface area contributed by atoms with Gasteiger partial charge in [0.25, 0.3) is 0 Å². The smallest absolute Gasteiger partial charge is 0.249 e. The Kier molecular flexibility index (Phi) is 4.84. The van der Waals surface area contributed by atoms with E-state index in [1.165, 1.54) is 30.4 Å². The molecule has 1 aliphatic heterocycles. The Morgan fingerprint density at radius 1 is 1.42 bits per heavy atom. The van der Waals surface area contributed by atoms with Crippen molar-refractivity contribution in [2.45, 2.75) is 32.2 Å². The van der Waals surface area contributed by atoms with Crippen molar-refractivity contribution in [3.8, 4) is 0 Å². The lowest BCUT2D eigenvalue weighted by Crippen LogP contribution is -2.42. The number of amides is 2. The molecule has 8 heteroatoms. The molecule has 24 heavy (non-hydrogen) atoms. The lowest BCUT2D eigenvalue weighted by atomic mass is 10.1. The Labute approximate surface area is 142 Å². The SMILES string of the molecule is CC(=O)N1CCC[C@H]1C(=O)Nc1nnc(Cc2cccc(F)c2)s1. The fourth-order valence-corrected chi connectivity index (χ4v) is 3.58. The standard InChI is InChI=1S/C16H17FN4O2S/c1-10(22)21-7-3-6-13(21)15(23)18-16-20-19-14(24-16)9-11-4-2-5-12(17)8-11/h2,4-5,8,13H,3,6-7,9H2,1H3,(H,18,20,23)/t13-/m0/s1. The van der Waals surface area contributed by atoms with Gasteiger partial charge in [-0.3, -0.25) is 14.9 Å². The molecule has 0 unspecified atom stereocenters. The lowest BCUT2D eigenvalue weighted by Gasteiger charge is -2.21. The first kappa shape index (κ1) is 16.5. The number of aromatic nitrogens is 2. The predicted octanol–water partition coefficient (Wildman–Crippen LogP) is 2.22. The van der Waals surface area contributed by atoms with Crippen LogP contribution in [0, 0.1) is 5.82 Å². The van der Waals surface area contributed by atoms with Gasteiger partial charge in [0.1, 0.15) is 16.9 Å². The Balaban J connectivity index is 1.63. The van der Waals surface area contributed by atoms with Gasteiger partial charge in [-0.1, -0.05) is 23.5 Å². The quantitative estimate of drug-likeness (QED) is 0.919. The molecule has 0 aliphatic carbocycles. The summed E-state index contributed by atoms with van der Waals surface area (Å²) >= 11 is 1.25. The molecule has 1 fully saturated rings. The Morgan fingerprint density at radius 2 is 2.25 bits per heavy atom. The highest BCUT2D eigenvalue weighted by Gasteiger charge is 2.32. The van der Waals surface area contributed by atoms with Gasteiger partial charge < -0.3 is 4.90 Å². The van der Waals surface area contributed by atoms with Crippen molar-refractivity contribution in [3.05, 3.63) is 40.7 Å². The van der Waals surface area contributed by atoms with E-state index >= 15 is 0 Å². The van der Waals surface area contributed by atoms with Crippen LogP contribution >= 0.6 is 11.3 Å². The topological polar surface area (TPSA) is 75.2 Å². The van der Waals surface area contributed by atoms with E-state index in [0.29, 0.717) is 29.5 Å². The van der Waals surface area contributed by atoms with Crippen molar-refractivity contribution in [3.63, 3.8) is 0 Å². The van der Waals surface area contributed by atoms with Crippen molar-refractivity contribution in [2.24, 2.45) is 0 Å². The number of nitrogens with one attached hydrogen (secondary N) is 1. The number of hydrogen-bond donors (Lipinski definition) is 1. The maximum Gasteiger partial charge on any atom is 0.249 e. The number of nitrogens with zero attached hydrogens (tertiary/aromatic N) is 3. The highest BCUT2D eigenvalue weighted by molar-refractivity contribution is 7.15. The number of carbonyl (C=O) groups excluding carboxylic acids is 2. The first-order valence-electron chi connectivity index (χ1n) is 7.68. The molecule has 0 spiro atoms. The van der Waals surface area contributed by atoms with Crippen LogP contribution in [0.3, 0.4) is 0 Å². The molecule has 1 aliphatic rings. The molecule has 6 nitrogen and oxygen atoms in total. The molecule has 2 heterocycles. The van der Waals surface area contributed by atoms with Gasteiger partial charge in [0.2, 0.25) is 16.9 Å². The fourth-order valence-electron chi connectivity index (χ4n) is 2.80. The molecule has 0 bridgehead atoms. The molecule has 1 saturated heterocycles. The summed E-state index contributed by atoms with van der Waals surface area (Å²) in [5.74, 6) is -0.635. The summed E-state index contributed by atoms with van der Waals surface area (Å²) in [5.41, 5.74) is 0.794. The third-order valence-corrected chi connectivity index (χ3v) is 4.74. The van der Waals surface area contributed by atoms with Crippen molar-refractivity contribution in [2.75, 3.05) is 11.9 Å². The molecule has 1 aromatic heterocycles. The minimum absolute atomic E-state index is 0.100. The van der Waals surface area contributed by atoms with Crippen LogP contribution < -0.4 is 5.32 Å². The van der Waals surface area contributed by atoms with E-state index in [9.17, 15) is 14.0 Å². The maximum absolute atomic E-state index is 13.2. The number of carbonyl (C=O) groups is 2. The highest BCUT2D eigenvalue weighted by atomic mass is 32.1. The van der Waals surface area contributed by atoms with E-state index in [2.05, 4.69) is 15.5 Å². The zero-order valence-electron chi connectivity index (χ0n) is 13.2. The average Bonchev–Trinajstić information content (AvgIpc) is 3.16. The summed E-state index contributed by atoms with van der Waals surface area (Å²) in [6.45, 7) is 2.07. The van der Waals surface area contributed by atoms with Crippen LogP contribution in [0.2, 0.25) is 0 Å². The van der Waals surface area contributed by atoms with Crippen LogP contribution in [0.15, 0.2) is 24.3 Å². The van der Waals surface area contributed by atoms with E-state index in [0.717, 1.165) is 12.0 Å². The number of halogens is 1. The average molecular weight is 348 g/mol. The van der Waals surface area contributed by atoms with Crippen LogP contribution in [0.4, 0.5) is 9.52 Å². The molecule has 0 saturated carbocycles. The first-order valence-corrected chi connectivity index (χ1v) is 8.49. The Morgan fingerprint density at radius 3 is 3.00 bits per heavy atom. The molecule has 1 N–H and O–H groups in total. The van der Waals surface area contributed by atoms with E-state index in [1.54, 1.807) is 11.0 Å². The minimum atomic E-state index is -0.446. The summed E-state index contributed by atoms with van der Waals surface area (Å²) in [6.07, 6.45) is 1.92. The summed E-state index contributed by atoms with van der Waals surface area (Å²) in [6, 6.07) is 5.84. The van der Waals surface area contributed by atoms with E-state index in [-0.39, 0.29) is 17.6 Å². The molecule has 3 rings (SSSR count). The van der Waals surface area contributed by atoms with Gasteiger partial charge in [0, 0.05) is 19.9 Å².